The van der Waals surface area contributed by atoms with Gasteiger partial charge < -0.3 is 23.7 Å². The number of nitrogens with zero attached hydrogens (tertiary/aromatic N) is 3. The Hall–Kier alpha value is -4.27. The van der Waals surface area contributed by atoms with Crippen LogP contribution >= 0.6 is 11.6 Å². The van der Waals surface area contributed by atoms with Crippen LogP contribution in [0.4, 0.5) is 0 Å². The molecule has 5 aromatic rings. The summed E-state index contributed by atoms with van der Waals surface area (Å²) in [7, 11) is 2.12. The van der Waals surface area contributed by atoms with Crippen LogP contribution in [0.1, 0.15) is 58.3 Å². The summed E-state index contributed by atoms with van der Waals surface area (Å²) < 4.78 is 20.2. The van der Waals surface area contributed by atoms with Crippen LogP contribution in [0, 0.1) is 13.8 Å². The van der Waals surface area contributed by atoms with Gasteiger partial charge in [0, 0.05) is 34.6 Å². The molecule has 1 N–H and O–H groups in total. The first-order chi connectivity index (χ1) is 22.4. The minimum absolute atomic E-state index is 0.296. The number of rotatable bonds is 10. The molecule has 0 amide bonds. The van der Waals surface area contributed by atoms with E-state index in [1.54, 1.807) is 0 Å². The highest BCUT2D eigenvalue weighted by atomic mass is 35.5. The van der Waals surface area contributed by atoms with Gasteiger partial charge in [-0.1, -0.05) is 48.0 Å². The standard InChI is InChI=1S/C37H41ClN4O4/c1-5-44-37(43)36-29(16-10-19-45-27-20-24(2)34(38)25(3)21-27)28-14-9-15-30-33-31(22-41(4)17-11-18-42(36)35(28)30)39-40-32(33)23-46-26-12-7-6-8-13-26/h6-9,12-15,20-21H,5,10-11,16-19,22-23H2,1-4H3,(H,39,40). The van der Waals surface area contributed by atoms with E-state index in [0.717, 1.165) is 92.6 Å². The molecule has 0 saturated carbocycles. The van der Waals surface area contributed by atoms with Crippen molar-refractivity contribution >= 4 is 28.5 Å². The molecule has 0 spiro atoms. The fourth-order valence-electron chi connectivity index (χ4n) is 6.49. The Balaban J connectivity index is 1.41. The van der Waals surface area contributed by atoms with Crippen LogP contribution in [0.25, 0.3) is 22.0 Å². The minimum atomic E-state index is -0.296. The lowest BCUT2D eigenvalue weighted by atomic mass is 9.97. The van der Waals surface area contributed by atoms with Crippen LogP contribution in [-0.4, -0.2) is 52.4 Å². The van der Waals surface area contributed by atoms with E-state index in [2.05, 4.69) is 39.8 Å². The molecule has 46 heavy (non-hydrogen) atoms. The molecule has 1 aliphatic heterocycles. The Bertz CT molecular complexity index is 1820. The van der Waals surface area contributed by atoms with Gasteiger partial charge in [-0.2, -0.15) is 5.10 Å². The van der Waals surface area contributed by atoms with Gasteiger partial charge in [0.1, 0.15) is 29.5 Å². The Morgan fingerprint density at radius 2 is 1.78 bits per heavy atom. The molecular formula is C37H41ClN4O4. The molecule has 0 radical (unpaired) electrons. The number of H-pyrrole nitrogens is 1. The zero-order chi connectivity index (χ0) is 32.2. The molecule has 2 aromatic heterocycles. The summed E-state index contributed by atoms with van der Waals surface area (Å²) in [5.74, 6) is 1.29. The van der Waals surface area contributed by atoms with Gasteiger partial charge in [0.25, 0.3) is 0 Å². The van der Waals surface area contributed by atoms with Gasteiger partial charge in [0.05, 0.1) is 24.4 Å². The second-order valence-corrected chi connectivity index (χ2v) is 12.3. The summed E-state index contributed by atoms with van der Waals surface area (Å²) in [6.07, 6.45) is 2.27. The smallest absolute Gasteiger partial charge is 0.355 e. The summed E-state index contributed by atoms with van der Waals surface area (Å²) in [6, 6.07) is 20.1. The van der Waals surface area contributed by atoms with E-state index in [9.17, 15) is 4.79 Å². The number of aromatic amines is 1. The maximum Gasteiger partial charge on any atom is 0.355 e. The minimum Gasteiger partial charge on any atom is -0.494 e. The second-order valence-electron chi connectivity index (χ2n) is 11.9. The molecule has 0 bridgehead atoms. The maximum atomic E-state index is 13.7. The Kier molecular flexibility index (Phi) is 9.66. The summed E-state index contributed by atoms with van der Waals surface area (Å²) in [5.41, 5.74) is 8.53. The average Bonchev–Trinajstić information content (AvgIpc) is 3.59. The number of benzene rings is 3. The average molecular weight is 641 g/mol. The van der Waals surface area contributed by atoms with Gasteiger partial charge in [-0.05, 0) is 94.6 Å². The lowest BCUT2D eigenvalue weighted by molar-refractivity contribution is 0.0512. The van der Waals surface area contributed by atoms with Gasteiger partial charge >= 0.3 is 5.97 Å². The van der Waals surface area contributed by atoms with Crippen molar-refractivity contribution in [1.82, 2.24) is 19.7 Å². The van der Waals surface area contributed by atoms with E-state index in [0.29, 0.717) is 38.5 Å². The molecule has 8 nitrogen and oxygen atoms in total. The first-order valence-corrected chi connectivity index (χ1v) is 16.4. The molecule has 0 unspecified atom stereocenters. The third-order valence-electron chi connectivity index (χ3n) is 8.56. The molecular weight excluding hydrogens is 600 g/mol. The van der Waals surface area contributed by atoms with Crippen LogP contribution in [0.3, 0.4) is 0 Å². The third kappa shape index (κ3) is 6.50. The van der Waals surface area contributed by atoms with Crippen molar-refractivity contribution in [3.8, 4) is 22.6 Å². The monoisotopic (exact) mass is 640 g/mol. The fraction of sp³-hybridized carbons (Fsp3) is 0.351. The van der Waals surface area contributed by atoms with E-state index < -0.39 is 0 Å². The zero-order valence-electron chi connectivity index (χ0n) is 27.0. The second kappa shape index (κ2) is 14.0. The number of aryl methyl sites for hydroxylation is 4. The van der Waals surface area contributed by atoms with Gasteiger partial charge in [-0.25, -0.2) is 4.79 Å². The highest BCUT2D eigenvalue weighted by Crippen LogP contribution is 2.39. The number of ether oxygens (including phenoxy) is 3. The molecule has 9 heteroatoms. The number of esters is 1. The van der Waals surface area contributed by atoms with Gasteiger partial charge in [-0.3, -0.25) is 5.10 Å². The summed E-state index contributed by atoms with van der Waals surface area (Å²) in [5, 5.41) is 9.88. The number of carbonyl (C=O) groups excluding carboxylic acids is 1. The quantitative estimate of drug-likeness (QED) is 0.123. The number of nitrogens with one attached hydrogen (secondary N) is 1. The topological polar surface area (TPSA) is 81.6 Å². The number of carbonyl (C=O) groups is 1. The summed E-state index contributed by atoms with van der Waals surface area (Å²) in [6.45, 7) is 9.23. The maximum absolute atomic E-state index is 13.7. The van der Waals surface area contributed by atoms with Gasteiger partial charge in [0.15, 0.2) is 0 Å². The molecule has 0 fully saturated rings. The number of aromatic nitrogens is 3. The van der Waals surface area contributed by atoms with Crippen LogP contribution in [0.2, 0.25) is 5.02 Å². The van der Waals surface area contributed by atoms with E-state index in [1.807, 2.05) is 63.2 Å². The molecule has 1 aliphatic rings. The molecule has 240 valence electrons. The van der Waals surface area contributed by atoms with E-state index in [-0.39, 0.29) is 5.97 Å². The van der Waals surface area contributed by atoms with Crippen molar-refractivity contribution in [2.75, 3.05) is 26.8 Å². The van der Waals surface area contributed by atoms with Crippen molar-refractivity contribution in [1.29, 1.82) is 0 Å². The summed E-state index contributed by atoms with van der Waals surface area (Å²) in [4.78, 5) is 16.0. The van der Waals surface area contributed by atoms with E-state index >= 15 is 0 Å². The zero-order valence-corrected chi connectivity index (χ0v) is 27.7. The van der Waals surface area contributed by atoms with Crippen LogP contribution < -0.4 is 9.47 Å². The summed E-state index contributed by atoms with van der Waals surface area (Å²) >= 11 is 6.37. The molecule has 0 saturated heterocycles. The highest BCUT2D eigenvalue weighted by molar-refractivity contribution is 6.32. The Morgan fingerprint density at radius 3 is 2.54 bits per heavy atom. The predicted molar refractivity (Wildman–Crippen MR) is 182 cm³/mol. The third-order valence-corrected chi connectivity index (χ3v) is 9.16. The van der Waals surface area contributed by atoms with E-state index in [4.69, 9.17) is 30.9 Å². The first-order valence-electron chi connectivity index (χ1n) is 16.0. The number of fused-ring (bicyclic) bond motifs is 2. The lowest BCUT2D eigenvalue weighted by Crippen LogP contribution is -2.23. The molecule has 3 aromatic carbocycles. The normalized spacial score (nSPS) is 13.4. The largest absolute Gasteiger partial charge is 0.494 e. The number of para-hydroxylation sites is 2. The fourth-order valence-corrected chi connectivity index (χ4v) is 6.60. The number of hydrogen-bond donors (Lipinski definition) is 1. The number of halogens is 1. The van der Waals surface area contributed by atoms with Crippen LogP contribution in [0.5, 0.6) is 11.5 Å². The predicted octanol–water partition coefficient (Wildman–Crippen LogP) is 7.90. The van der Waals surface area contributed by atoms with Crippen molar-refractivity contribution < 1.29 is 19.0 Å². The van der Waals surface area contributed by atoms with Crippen molar-refractivity contribution in [2.24, 2.45) is 0 Å². The molecule has 3 heterocycles. The Morgan fingerprint density at radius 1 is 1.00 bits per heavy atom. The lowest BCUT2D eigenvalue weighted by Gasteiger charge is -2.21. The highest BCUT2D eigenvalue weighted by Gasteiger charge is 2.28. The van der Waals surface area contributed by atoms with Crippen molar-refractivity contribution in [2.45, 2.75) is 59.7 Å². The number of hydrogen-bond acceptors (Lipinski definition) is 6. The van der Waals surface area contributed by atoms with Crippen LogP contribution in [-0.2, 0) is 30.9 Å². The molecule has 0 atom stereocenters. The first kappa shape index (κ1) is 31.7. The van der Waals surface area contributed by atoms with Crippen molar-refractivity contribution in [3.05, 3.63) is 99.5 Å². The van der Waals surface area contributed by atoms with Gasteiger partial charge in [-0.15, -0.1) is 0 Å². The molecule has 6 rings (SSSR count). The molecule has 0 aliphatic carbocycles. The Labute approximate surface area is 275 Å². The van der Waals surface area contributed by atoms with Gasteiger partial charge in [0.2, 0.25) is 0 Å². The van der Waals surface area contributed by atoms with Crippen LogP contribution in [0.15, 0.2) is 60.7 Å². The van der Waals surface area contributed by atoms with Crippen molar-refractivity contribution in [3.63, 3.8) is 0 Å². The SMILES string of the molecule is CCOC(=O)c1c(CCCOc2cc(C)c(Cl)c(C)c2)c2cccc3c2n1CCCN(C)Cc1[nH]nc(COc2ccccc2)c1-3. The van der Waals surface area contributed by atoms with E-state index in [1.165, 1.54) is 0 Å².